The lowest BCUT2D eigenvalue weighted by Crippen LogP contribution is -2.14. The second-order valence-electron chi connectivity index (χ2n) is 8.08. The maximum absolute atomic E-state index is 9.68. The first-order valence-electron chi connectivity index (χ1n) is 9.70. The Labute approximate surface area is 167 Å². The van der Waals surface area contributed by atoms with Gasteiger partial charge in [-0.1, -0.05) is 87.5 Å². The van der Waals surface area contributed by atoms with Gasteiger partial charge in [-0.3, -0.25) is 0 Å². The number of hydrogen-bond donors (Lipinski definition) is 2. The van der Waals surface area contributed by atoms with Crippen LogP contribution in [0.15, 0.2) is 78.4 Å². The van der Waals surface area contributed by atoms with Crippen LogP contribution in [0, 0.1) is 0 Å². The number of nitrogens with zero attached hydrogens (tertiary/aromatic N) is 1. The first-order valence-corrected chi connectivity index (χ1v) is 9.70. The minimum Gasteiger partial charge on any atom is -0.364 e. The first kappa shape index (κ1) is 20.1. The Balaban J connectivity index is 2.26. The summed E-state index contributed by atoms with van der Waals surface area (Å²) in [6.45, 7) is 9.09. The number of rotatable bonds is 5. The van der Waals surface area contributed by atoms with Crippen molar-refractivity contribution in [3.63, 3.8) is 0 Å². The topological polar surface area (TPSA) is 45.4 Å². The van der Waals surface area contributed by atoms with Crippen LogP contribution in [0.3, 0.4) is 0 Å². The lowest BCUT2D eigenvalue weighted by atomic mass is 9.86. The molecule has 146 valence electrons. The van der Waals surface area contributed by atoms with Crippen LogP contribution in [0.1, 0.15) is 33.3 Å². The quantitative estimate of drug-likeness (QED) is 0.462. The zero-order chi connectivity index (χ0) is 20.3. The standard InChI is InChI=1S/C25H29NO2/c1-5-10-19(24(27)28)15-16-26-22(18-11-7-6-8-12-18)17-20-13-9-14-21(23(20)26)25(2,3)4/h5-15,17,24,27-28H,16H2,1-4H3/b10-5-,19-15+. The summed E-state index contributed by atoms with van der Waals surface area (Å²) in [5.74, 6) is 0. The van der Waals surface area contributed by atoms with Crippen LogP contribution in [0.4, 0.5) is 0 Å². The second-order valence-corrected chi connectivity index (χ2v) is 8.08. The van der Waals surface area contributed by atoms with Gasteiger partial charge in [0.1, 0.15) is 0 Å². The Hall–Kier alpha value is -2.62. The van der Waals surface area contributed by atoms with Gasteiger partial charge in [-0.25, -0.2) is 0 Å². The maximum Gasteiger partial charge on any atom is 0.178 e. The summed E-state index contributed by atoms with van der Waals surface area (Å²) in [6, 6.07) is 19.0. The molecule has 1 heterocycles. The minimum absolute atomic E-state index is 0.00404. The number of aliphatic hydroxyl groups is 2. The summed E-state index contributed by atoms with van der Waals surface area (Å²) in [4.78, 5) is 0. The highest BCUT2D eigenvalue weighted by atomic mass is 16.5. The number of aliphatic hydroxyl groups excluding tert-OH is 1. The van der Waals surface area contributed by atoms with E-state index in [-0.39, 0.29) is 5.41 Å². The van der Waals surface area contributed by atoms with Crippen molar-refractivity contribution in [3.8, 4) is 11.3 Å². The van der Waals surface area contributed by atoms with Crippen molar-refractivity contribution in [2.45, 2.75) is 45.9 Å². The fourth-order valence-electron chi connectivity index (χ4n) is 3.62. The molecule has 0 aliphatic heterocycles. The molecule has 0 atom stereocenters. The molecule has 0 radical (unpaired) electrons. The van der Waals surface area contributed by atoms with E-state index in [1.54, 1.807) is 6.08 Å². The van der Waals surface area contributed by atoms with Gasteiger partial charge in [0.15, 0.2) is 6.29 Å². The van der Waals surface area contributed by atoms with E-state index in [2.05, 4.69) is 61.7 Å². The Bertz CT molecular complexity index is 1000. The summed E-state index contributed by atoms with van der Waals surface area (Å²) >= 11 is 0. The van der Waals surface area contributed by atoms with E-state index in [1.807, 2.05) is 37.3 Å². The van der Waals surface area contributed by atoms with Gasteiger partial charge in [-0.2, -0.15) is 0 Å². The summed E-state index contributed by atoms with van der Waals surface area (Å²) < 4.78 is 2.27. The van der Waals surface area contributed by atoms with E-state index < -0.39 is 6.29 Å². The molecular weight excluding hydrogens is 346 g/mol. The van der Waals surface area contributed by atoms with Crippen LogP contribution < -0.4 is 0 Å². The highest BCUT2D eigenvalue weighted by molar-refractivity contribution is 5.90. The highest BCUT2D eigenvalue weighted by Crippen LogP contribution is 2.35. The van der Waals surface area contributed by atoms with Gasteiger partial charge in [-0.15, -0.1) is 0 Å². The molecule has 3 aromatic rings. The van der Waals surface area contributed by atoms with Crippen molar-refractivity contribution in [2.24, 2.45) is 0 Å². The Morgan fingerprint density at radius 3 is 2.36 bits per heavy atom. The van der Waals surface area contributed by atoms with Crippen LogP contribution in [0.5, 0.6) is 0 Å². The summed E-state index contributed by atoms with van der Waals surface area (Å²) in [5.41, 5.74) is 5.22. The Kier molecular flexibility index (Phi) is 5.87. The smallest absolute Gasteiger partial charge is 0.178 e. The third-order valence-electron chi connectivity index (χ3n) is 4.96. The molecule has 2 aromatic carbocycles. The van der Waals surface area contributed by atoms with Crippen LogP contribution >= 0.6 is 0 Å². The SMILES string of the molecule is C/C=C\C(=C/Cn1c(-c2ccccc2)cc2cccc(C(C)(C)C)c21)C(O)O. The van der Waals surface area contributed by atoms with Crippen molar-refractivity contribution < 1.29 is 10.2 Å². The van der Waals surface area contributed by atoms with Gasteiger partial charge in [0.25, 0.3) is 0 Å². The molecule has 3 heteroatoms. The molecule has 0 spiro atoms. The summed E-state index contributed by atoms with van der Waals surface area (Å²) in [5, 5.41) is 20.6. The van der Waals surface area contributed by atoms with Gasteiger partial charge in [-0.05, 0) is 29.5 Å². The normalized spacial score (nSPS) is 13.2. The number of fused-ring (bicyclic) bond motifs is 1. The summed E-state index contributed by atoms with van der Waals surface area (Å²) in [6.07, 6.45) is 3.96. The molecule has 28 heavy (non-hydrogen) atoms. The average Bonchev–Trinajstić information content (AvgIpc) is 3.03. The zero-order valence-corrected chi connectivity index (χ0v) is 17.1. The Morgan fingerprint density at radius 2 is 1.75 bits per heavy atom. The van der Waals surface area contributed by atoms with Crippen molar-refractivity contribution in [1.29, 1.82) is 0 Å². The lowest BCUT2D eigenvalue weighted by Gasteiger charge is -2.22. The predicted molar refractivity (Wildman–Crippen MR) is 117 cm³/mol. The number of aromatic nitrogens is 1. The molecule has 0 saturated carbocycles. The number of hydrogen-bond acceptors (Lipinski definition) is 2. The van der Waals surface area contributed by atoms with E-state index in [0.717, 1.165) is 11.3 Å². The van der Waals surface area contributed by atoms with Crippen LogP contribution in [0.2, 0.25) is 0 Å². The van der Waals surface area contributed by atoms with Gasteiger partial charge in [0.2, 0.25) is 0 Å². The van der Waals surface area contributed by atoms with E-state index in [4.69, 9.17) is 0 Å². The van der Waals surface area contributed by atoms with E-state index in [9.17, 15) is 10.2 Å². The molecule has 0 saturated heterocycles. The number of allylic oxidation sites excluding steroid dienone is 2. The van der Waals surface area contributed by atoms with Crippen LogP contribution in [0.25, 0.3) is 22.2 Å². The van der Waals surface area contributed by atoms with E-state index in [1.165, 1.54) is 16.5 Å². The van der Waals surface area contributed by atoms with Crippen LogP contribution in [-0.2, 0) is 12.0 Å². The lowest BCUT2D eigenvalue weighted by molar-refractivity contribution is -0.00512. The molecule has 3 rings (SSSR count). The second kappa shape index (κ2) is 8.17. The molecule has 1 aromatic heterocycles. The largest absolute Gasteiger partial charge is 0.364 e. The predicted octanol–water partition coefficient (Wildman–Crippen LogP) is 5.42. The summed E-state index contributed by atoms with van der Waals surface area (Å²) in [7, 11) is 0. The van der Waals surface area contributed by atoms with Crippen molar-refractivity contribution in [1.82, 2.24) is 4.57 Å². The molecular formula is C25H29NO2. The van der Waals surface area contributed by atoms with Gasteiger partial charge < -0.3 is 14.8 Å². The number of para-hydroxylation sites is 1. The van der Waals surface area contributed by atoms with Crippen LogP contribution in [-0.4, -0.2) is 21.1 Å². The molecule has 0 unspecified atom stereocenters. The minimum atomic E-state index is -1.49. The van der Waals surface area contributed by atoms with Gasteiger partial charge in [0.05, 0.1) is 5.52 Å². The van der Waals surface area contributed by atoms with Crippen molar-refractivity contribution in [2.75, 3.05) is 0 Å². The maximum atomic E-state index is 9.68. The van der Waals surface area contributed by atoms with Crippen molar-refractivity contribution >= 4 is 10.9 Å². The highest BCUT2D eigenvalue weighted by Gasteiger charge is 2.21. The van der Waals surface area contributed by atoms with Crippen molar-refractivity contribution in [3.05, 3.63) is 84.0 Å². The van der Waals surface area contributed by atoms with E-state index in [0.29, 0.717) is 12.1 Å². The molecule has 0 amide bonds. The Morgan fingerprint density at radius 1 is 1.04 bits per heavy atom. The zero-order valence-electron chi connectivity index (χ0n) is 17.1. The van der Waals surface area contributed by atoms with Gasteiger partial charge in [0, 0.05) is 23.2 Å². The molecule has 3 nitrogen and oxygen atoms in total. The molecule has 0 aliphatic rings. The number of benzene rings is 2. The molecule has 2 N–H and O–H groups in total. The van der Waals surface area contributed by atoms with Gasteiger partial charge >= 0.3 is 0 Å². The average molecular weight is 376 g/mol. The molecule has 0 fully saturated rings. The monoisotopic (exact) mass is 375 g/mol. The third kappa shape index (κ3) is 4.11. The first-order chi connectivity index (χ1) is 13.3. The van der Waals surface area contributed by atoms with E-state index >= 15 is 0 Å². The third-order valence-corrected chi connectivity index (χ3v) is 4.96. The molecule has 0 bridgehead atoms. The fourth-order valence-corrected chi connectivity index (χ4v) is 3.62. The molecule has 0 aliphatic carbocycles. The fraction of sp³-hybridized carbons (Fsp3) is 0.280.